The molecule has 0 radical (unpaired) electrons. The van der Waals surface area contributed by atoms with Crippen LogP contribution < -0.4 is 16.8 Å². The molecule has 1 fully saturated rings. The molecule has 21 heavy (non-hydrogen) atoms. The Balaban J connectivity index is 0.000000354. The molecule has 5 N–H and O–H groups in total. The van der Waals surface area contributed by atoms with Crippen LogP contribution >= 0.6 is 10.1 Å². The van der Waals surface area contributed by atoms with Crippen molar-refractivity contribution < 1.29 is 14.8 Å². The predicted molar refractivity (Wildman–Crippen MR) is 88.1 cm³/mol. The van der Waals surface area contributed by atoms with E-state index in [1.807, 2.05) is 18.2 Å². The van der Waals surface area contributed by atoms with Crippen LogP contribution in [0, 0.1) is 0 Å². The van der Waals surface area contributed by atoms with E-state index < -0.39 is 0 Å². The second-order valence-corrected chi connectivity index (χ2v) is 4.68. The van der Waals surface area contributed by atoms with Gasteiger partial charge in [0.15, 0.2) is 0 Å². The van der Waals surface area contributed by atoms with Crippen molar-refractivity contribution in [3.05, 3.63) is 34.6 Å². The maximum atomic E-state index is 5.41. The molecule has 124 valence electrons. The Morgan fingerprint density at radius 2 is 2.14 bits per heavy atom. The minimum absolute atomic E-state index is 0.490. The Labute approximate surface area is 141 Å². The fourth-order valence-corrected chi connectivity index (χ4v) is 1.95. The summed E-state index contributed by atoms with van der Waals surface area (Å²) in [5, 5.41) is 11.8. The summed E-state index contributed by atoms with van der Waals surface area (Å²) >= 11 is 3.03. The summed E-state index contributed by atoms with van der Waals surface area (Å²) in [6.45, 7) is 4.99. The molecule has 0 aliphatic carbocycles. The average molecular weight is 360 g/mol. The van der Waals surface area contributed by atoms with Crippen molar-refractivity contribution in [3.63, 3.8) is 0 Å². The summed E-state index contributed by atoms with van der Waals surface area (Å²) in [4.78, 5) is 0. The minimum atomic E-state index is 0.490. The Hall–Kier alpha value is -0.0835. The van der Waals surface area contributed by atoms with E-state index in [-0.39, 0.29) is 0 Å². The maximum absolute atomic E-state index is 5.41. The molecule has 2 aliphatic rings. The number of rotatable bonds is 5. The van der Waals surface area contributed by atoms with Gasteiger partial charge in [-0.3, -0.25) is 0 Å². The van der Waals surface area contributed by atoms with E-state index in [9.17, 15) is 0 Å². The van der Waals surface area contributed by atoms with Gasteiger partial charge in [0.05, 0.1) is 0 Å². The Bertz CT molecular complexity index is 281. The average Bonchev–Trinajstić information content (AvgIpc) is 2.59. The van der Waals surface area contributed by atoms with Gasteiger partial charge in [-0.2, -0.15) is 0 Å². The van der Waals surface area contributed by atoms with Crippen molar-refractivity contribution in [2.75, 3.05) is 39.3 Å². The summed E-state index contributed by atoms with van der Waals surface area (Å²) in [6.07, 6.45) is 9.91. The van der Waals surface area contributed by atoms with Crippen molar-refractivity contribution in [2.24, 2.45) is 11.5 Å². The first kappa shape index (κ1) is 20.9. The van der Waals surface area contributed by atoms with E-state index in [1.165, 1.54) is 19.3 Å². The number of allylic oxidation sites excluding steroid dienone is 2. The van der Waals surface area contributed by atoms with Crippen LogP contribution in [-0.2, 0) is 14.8 Å². The molecular weight excluding hydrogens is 333 g/mol. The zero-order chi connectivity index (χ0) is 15.8. The van der Waals surface area contributed by atoms with Crippen molar-refractivity contribution in [1.82, 2.24) is 5.32 Å². The van der Waals surface area contributed by atoms with E-state index in [0.717, 1.165) is 38.4 Å². The summed E-state index contributed by atoms with van der Waals surface area (Å²) in [7, 11) is 4.33. The van der Waals surface area contributed by atoms with Gasteiger partial charge in [-0.1, -0.05) is 31.4 Å². The predicted octanol–water partition coefficient (Wildman–Crippen LogP) is 1.92. The topological polar surface area (TPSA) is 92.3 Å². The number of nitrogens with two attached hydrogens (primary N) is 2. The second-order valence-electron chi connectivity index (χ2n) is 4.68. The van der Waals surface area contributed by atoms with Gasteiger partial charge in [-0.05, 0) is 6.54 Å². The molecule has 0 aromatic rings. The van der Waals surface area contributed by atoms with E-state index in [1.54, 1.807) is 0 Å². The van der Waals surface area contributed by atoms with Gasteiger partial charge < -0.3 is 27.4 Å². The normalized spacial score (nSPS) is 20.2. The molecule has 1 saturated heterocycles. The number of piperidine rings is 1. The van der Waals surface area contributed by atoms with Crippen LogP contribution in [0.25, 0.3) is 10.6 Å². The van der Waals surface area contributed by atoms with Crippen LogP contribution in [0.4, 0.5) is 0 Å². The van der Waals surface area contributed by atoms with Crippen LogP contribution in [0.15, 0.2) is 23.9 Å². The van der Waals surface area contributed by atoms with Gasteiger partial charge in [-0.15, -0.1) is 30.9 Å². The monoisotopic (exact) mass is 359 g/mol. The Morgan fingerprint density at radius 3 is 2.62 bits per heavy atom. The number of hydrogen-bond acceptors (Lipinski definition) is 3. The number of hydrogen-bond donors (Lipinski definition) is 3. The van der Waals surface area contributed by atoms with Crippen LogP contribution in [0.2, 0.25) is 0 Å². The Morgan fingerprint density at radius 1 is 1.33 bits per heavy atom. The SMILES string of the molecule is NCC1CCCC[N-]1.NCCNCC1=CC=CC[N-]1.[Cl][Co+2]. The van der Waals surface area contributed by atoms with E-state index in [0.29, 0.717) is 12.6 Å². The Kier molecular flexibility index (Phi) is 16.2. The van der Waals surface area contributed by atoms with Gasteiger partial charge in [0.25, 0.3) is 0 Å². The molecule has 0 saturated carbocycles. The van der Waals surface area contributed by atoms with Gasteiger partial charge in [0.1, 0.15) is 0 Å². The molecule has 1 unspecified atom stereocenters. The van der Waals surface area contributed by atoms with Crippen molar-refractivity contribution >= 4 is 10.1 Å². The first-order chi connectivity index (χ1) is 10.4. The van der Waals surface area contributed by atoms with Gasteiger partial charge in [0, 0.05) is 19.6 Å². The first-order valence-electron chi connectivity index (χ1n) is 7.30. The molecule has 1 atom stereocenters. The molecule has 0 amide bonds. The van der Waals surface area contributed by atoms with Gasteiger partial charge >= 0.3 is 25.0 Å². The third-order valence-electron chi connectivity index (χ3n) is 3.06. The van der Waals surface area contributed by atoms with E-state index in [2.05, 4.69) is 40.9 Å². The molecule has 5 nitrogen and oxygen atoms in total. The van der Waals surface area contributed by atoms with Crippen LogP contribution in [-0.4, -0.2) is 45.3 Å². The third kappa shape index (κ3) is 12.2. The number of halogens is 1. The number of nitrogens with one attached hydrogen (secondary N) is 1. The van der Waals surface area contributed by atoms with Crippen LogP contribution in [0.1, 0.15) is 19.3 Å². The third-order valence-corrected chi connectivity index (χ3v) is 3.06. The molecule has 0 spiro atoms. The van der Waals surface area contributed by atoms with Crippen LogP contribution in [0.3, 0.4) is 0 Å². The molecular formula is C14H27ClCoN5. The second kappa shape index (κ2) is 16.3. The van der Waals surface area contributed by atoms with Crippen LogP contribution in [0.5, 0.6) is 0 Å². The van der Waals surface area contributed by atoms with Gasteiger partial charge in [0.2, 0.25) is 0 Å². The zero-order valence-corrected chi connectivity index (χ0v) is 14.2. The first-order valence-corrected chi connectivity index (χ1v) is 8.73. The van der Waals surface area contributed by atoms with E-state index in [4.69, 9.17) is 11.5 Å². The quantitative estimate of drug-likeness (QED) is 0.655. The summed E-state index contributed by atoms with van der Waals surface area (Å²) in [6, 6.07) is 0.490. The van der Waals surface area contributed by atoms with Crippen molar-refractivity contribution in [3.8, 4) is 0 Å². The molecule has 0 aromatic carbocycles. The molecule has 2 heterocycles. The summed E-state index contributed by atoms with van der Waals surface area (Å²) < 4.78 is 0. The molecule has 0 bridgehead atoms. The summed E-state index contributed by atoms with van der Waals surface area (Å²) in [5.41, 5.74) is 11.8. The zero-order valence-electron chi connectivity index (χ0n) is 12.4. The molecule has 7 heteroatoms. The van der Waals surface area contributed by atoms with Gasteiger partial charge in [-0.25, -0.2) is 0 Å². The fraction of sp³-hybridized carbons (Fsp3) is 0.714. The standard InChI is InChI=1S/C8H14N3.C6H13N2.ClH.Co/c9-4-6-10-7-8-3-1-2-5-11-8;7-5-6-3-1-2-4-8-6;;/h1-3,10H,4-7,9H2;6H,1-5,7H2;1H;/q2*-1;;+3/p-1. The number of nitrogens with zero attached hydrogens (tertiary/aromatic N) is 2. The molecule has 2 aliphatic heterocycles. The summed E-state index contributed by atoms with van der Waals surface area (Å²) in [5.74, 6) is 0. The van der Waals surface area contributed by atoms with Crippen molar-refractivity contribution in [2.45, 2.75) is 25.3 Å². The van der Waals surface area contributed by atoms with E-state index >= 15 is 0 Å². The molecule has 0 aromatic heterocycles. The molecule has 2 rings (SSSR count). The van der Waals surface area contributed by atoms with Crippen molar-refractivity contribution in [1.29, 1.82) is 0 Å². The fourth-order valence-electron chi connectivity index (χ4n) is 1.95.